The van der Waals surface area contributed by atoms with Crippen molar-refractivity contribution < 1.29 is 19.7 Å². The molecular weight excluding hydrogens is 280 g/mol. The van der Waals surface area contributed by atoms with Gasteiger partial charge in [-0.2, -0.15) is 0 Å². The van der Waals surface area contributed by atoms with Gasteiger partial charge in [-0.05, 0) is 13.8 Å². The molecule has 7 heteroatoms. The Labute approximate surface area is 122 Å². The highest BCUT2D eigenvalue weighted by Gasteiger charge is 2.19. The van der Waals surface area contributed by atoms with E-state index < -0.39 is 12.1 Å². The second-order valence-corrected chi connectivity index (χ2v) is 5.20. The number of rotatable bonds is 8. The van der Waals surface area contributed by atoms with Crippen molar-refractivity contribution in [1.82, 2.24) is 9.97 Å². The normalized spacial score (nSPS) is 12.4. The Kier molecular flexibility index (Phi) is 6.90. The zero-order chi connectivity index (χ0) is 15.1. The lowest BCUT2D eigenvalue weighted by Crippen LogP contribution is -2.18. The fourth-order valence-electron chi connectivity index (χ4n) is 1.59. The zero-order valence-corrected chi connectivity index (χ0v) is 12.7. The summed E-state index contributed by atoms with van der Waals surface area (Å²) in [5, 5.41) is 19.4. The summed E-state index contributed by atoms with van der Waals surface area (Å²) in [5.41, 5.74) is 0.557. The van der Waals surface area contributed by atoms with Crippen LogP contribution >= 0.6 is 11.8 Å². The molecule has 0 bridgehead atoms. The molecule has 1 rings (SSSR count). The van der Waals surface area contributed by atoms with Gasteiger partial charge < -0.3 is 14.9 Å². The van der Waals surface area contributed by atoms with Gasteiger partial charge in [0.25, 0.3) is 0 Å². The number of thioether (sulfide) groups is 1. The maximum absolute atomic E-state index is 11.3. The van der Waals surface area contributed by atoms with E-state index >= 15 is 0 Å². The van der Waals surface area contributed by atoms with Crippen molar-refractivity contribution in [3.05, 3.63) is 17.1 Å². The molecule has 1 unspecified atom stereocenters. The minimum atomic E-state index is -1.05. The van der Waals surface area contributed by atoms with Gasteiger partial charge in [0.15, 0.2) is 0 Å². The summed E-state index contributed by atoms with van der Waals surface area (Å²) in [6, 6.07) is 0. The molecule has 1 atom stereocenters. The van der Waals surface area contributed by atoms with Crippen molar-refractivity contribution in [1.29, 1.82) is 0 Å². The van der Waals surface area contributed by atoms with Crippen molar-refractivity contribution >= 4 is 17.7 Å². The number of hydrogen-bond acceptors (Lipinski definition) is 6. The number of ether oxygens (including phenoxy) is 1. The summed E-state index contributed by atoms with van der Waals surface area (Å²) in [7, 11) is 0. The lowest BCUT2D eigenvalue weighted by Gasteiger charge is -2.12. The lowest BCUT2D eigenvalue weighted by atomic mass is 10.2. The topological polar surface area (TPSA) is 92.5 Å². The molecule has 0 aliphatic heterocycles. The molecule has 0 aromatic carbocycles. The number of nitrogens with zero attached hydrogens (tertiary/aromatic N) is 2. The standard InChI is InChI=1S/C13H20N2O4S/c1-4-10-14-8(3)11(13(17)18)12(15-10)20-7-9(16)6-19-5-2/h9,16H,4-7H2,1-3H3,(H,17,18). The van der Waals surface area contributed by atoms with Gasteiger partial charge in [-0.3, -0.25) is 0 Å². The van der Waals surface area contributed by atoms with E-state index in [9.17, 15) is 15.0 Å². The molecule has 0 saturated heterocycles. The summed E-state index contributed by atoms with van der Waals surface area (Å²) in [6.07, 6.45) is -0.0163. The number of carbonyl (C=O) groups is 1. The molecule has 2 N–H and O–H groups in total. The second kappa shape index (κ2) is 8.18. The second-order valence-electron chi connectivity index (χ2n) is 4.19. The molecular formula is C13H20N2O4S. The van der Waals surface area contributed by atoms with E-state index in [0.717, 1.165) is 0 Å². The van der Waals surface area contributed by atoms with Crippen LogP contribution in [0.5, 0.6) is 0 Å². The first kappa shape index (κ1) is 16.9. The smallest absolute Gasteiger partial charge is 0.340 e. The van der Waals surface area contributed by atoms with Crippen LogP contribution in [-0.2, 0) is 11.2 Å². The van der Waals surface area contributed by atoms with Crippen molar-refractivity contribution in [3.8, 4) is 0 Å². The number of carboxylic acids is 1. The van der Waals surface area contributed by atoms with Crippen molar-refractivity contribution in [2.45, 2.75) is 38.3 Å². The minimum absolute atomic E-state index is 0.107. The molecule has 0 amide bonds. The first-order valence-electron chi connectivity index (χ1n) is 6.48. The molecule has 1 heterocycles. The van der Waals surface area contributed by atoms with Crippen LogP contribution in [0.25, 0.3) is 0 Å². The number of hydrogen-bond donors (Lipinski definition) is 2. The van der Waals surface area contributed by atoms with Gasteiger partial charge in [-0.25, -0.2) is 14.8 Å². The number of aromatic carboxylic acids is 1. The Morgan fingerprint density at radius 2 is 2.10 bits per heavy atom. The first-order chi connectivity index (χ1) is 9.49. The maximum atomic E-state index is 11.3. The van der Waals surface area contributed by atoms with Crippen LogP contribution in [0.3, 0.4) is 0 Å². The Morgan fingerprint density at radius 3 is 2.65 bits per heavy atom. The summed E-state index contributed by atoms with van der Waals surface area (Å²) in [4.78, 5) is 19.7. The van der Waals surface area contributed by atoms with Gasteiger partial charge in [0.05, 0.1) is 18.4 Å². The highest BCUT2D eigenvalue weighted by molar-refractivity contribution is 7.99. The SMILES string of the molecule is CCOCC(O)CSc1nc(CC)nc(C)c1C(=O)O. The Morgan fingerprint density at radius 1 is 1.40 bits per heavy atom. The Hall–Kier alpha value is -1.18. The quantitative estimate of drug-likeness (QED) is 0.555. The van der Waals surface area contributed by atoms with E-state index in [4.69, 9.17) is 4.74 Å². The molecule has 112 valence electrons. The summed E-state index contributed by atoms with van der Waals surface area (Å²) in [6.45, 7) is 6.19. The van der Waals surface area contributed by atoms with Gasteiger partial charge >= 0.3 is 5.97 Å². The minimum Gasteiger partial charge on any atom is -0.478 e. The van der Waals surface area contributed by atoms with E-state index in [0.29, 0.717) is 35.3 Å². The third kappa shape index (κ3) is 4.73. The molecule has 0 saturated carbocycles. The monoisotopic (exact) mass is 300 g/mol. The summed E-state index contributed by atoms with van der Waals surface area (Å²) in [5.74, 6) is -0.110. The van der Waals surface area contributed by atoms with Gasteiger partial charge in [-0.15, -0.1) is 11.8 Å². The average Bonchev–Trinajstić information content (AvgIpc) is 2.41. The third-order valence-corrected chi connectivity index (χ3v) is 3.68. The third-order valence-electron chi connectivity index (χ3n) is 2.56. The number of aryl methyl sites for hydroxylation is 2. The molecule has 0 aliphatic carbocycles. The molecule has 1 aromatic heterocycles. The predicted octanol–water partition coefficient (Wildman–Crippen LogP) is 1.54. The largest absolute Gasteiger partial charge is 0.478 e. The maximum Gasteiger partial charge on any atom is 0.340 e. The molecule has 6 nitrogen and oxygen atoms in total. The molecule has 0 aliphatic rings. The van der Waals surface area contributed by atoms with Crippen LogP contribution in [0.1, 0.15) is 35.7 Å². The predicted molar refractivity (Wildman–Crippen MR) is 76.3 cm³/mol. The van der Waals surface area contributed by atoms with Crippen LogP contribution in [0.2, 0.25) is 0 Å². The van der Waals surface area contributed by atoms with Gasteiger partial charge in [0.1, 0.15) is 16.4 Å². The van der Waals surface area contributed by atoms with E-state index in [1.165, 1.54) is 11.8 Å². The van der Waals surface area contributed by atoms with Crippen LogP contribution in [0, 0.1) is 6.92 Å². The first-order valence-corrected chi connectivity index (χ1v) is 7.47. The zero-order valence-electron chi connectivity index (χ0n) is 11.9. The van der Waals surface area contributed by atoms with Gasteiger partial charge in [-0.1, -0.05) is 6.92 Å². The van der Waals surface area contributed by atoms with Gasteiger partial charge in [0.2, 0.25) is 0 Å². The van der Waals surface area contributed by atoms with E-state index in [1.54, 1.807) is 6.92 Å². The van der Waals surface area contributed by atoms with Crippen molar-refractivity contribution in [2.24, 2.45) is 0 Å². The molecule has 0 spiro atoms. The van der Waals surface area contributed by atoms with Crippen LogP contribution < -0.4 is 0 Å². The van der Waals surface area contributed by atoms with E-state index in [2.05, 4.69) is 9.97 Å². The summed E-state index contributed by atoms with van der Waals surface area (Å²) < 4.78 is 5.12. The Bertz CT molecular complexity index is 468. The molecule has 0 radical (unpaired) electrons. The fourth-order valence-corrected chi connectivity index (χ4v) is 2.58. The van der Waals surface area contributed by atoms with Crippen molar-refractivity contribution in [2.75, 3.05) is 19.0 Å². The van der Waals surface area contributed by atoms with Crippen LogP contribution in [0.4, 0.5) is 0 Å². The number of aromatic nitrogens is 2. The van der Waals surface area contributed by atoms with E-state index in [-0.39, 0.29) is 12.2 Å². The highest BCUT2D eigenvalue weighted by Crippen LogP contribution is 2.23. The summed E-state index contributed by atoms with van der Waals surface area (Å²) >= 11 is 1.22. The van der Waals surface area contributed by atoms with Crippen LogP contribution in [-0.4, -0.2) is 51.2 Å². The molecule has 1 aromatic rings. The van der Waals surface area contributed by atoms with Crippen molar-refractivity contribution in [3.63, 3.8) is 0 Å². The fraction of sp³-hybridized carbons (Fsp3) is 0.615. The average molecular weight is 300 g/mol. The lowest BCUT2D eigenvalue weighted by molar-refractivity contribution is 0.0551. The molecule has 20 heavy (non-hydrogen) atoms. The van der Waals surface area contributed by atoms with E-state index in [1.807, 2.05) is 13.8 Å². The number of aliphatic hydroxyl groups is 1. The number of aliphatic hydroxyl groups excluding tert-OH is 1. The number of carboxylic acid groups (broad SMARTS) is 1. The van der Waals surface area contributed by atoms with Crippen LogP contribution in [0.15, 0.2) is 5.03 Å². The Balaban J connectivity index is 2.86. The van der Waals surface area contributed by atoms with Gasteiger partial charge in [0, 0.05) is 18.8 Å². The molecule has 0 fully saturated rings. The highest BCUT2D eigenvalue weighted by atomic mass is 32.2.